The van der Waals surface area contributed by atoms with Crippen molar-refractivity contribution < 1.29 is 22.4 Å². The average Bonchev–Trinajstić information content (AvgIpc) is 2.72. The van der Waals surface area contributed by atoms with Gasteiger partial charge in [-0.3, -0.25) is 4.79 Å². The summed E-state index contributed by atoms with van der Waals surface area (Å²) in [7, 11) is 0. The van der Waals surface area contributed by atoms with E-state index in [4.69, 9.17) is 5.73 Å². The lowest BCUT2D eigenvalue weighted by Gasteiger charge is -2.35. The van der Waals surface area contributed by atoms with Gasteiger partial charge in [0, 0.05) is 11.6 Å². The van der Waals surface area contributed by atoms with Gasteiger partial charge in [0.25, 0.3) is 5.91 Å². The van der Waals surface area contributed by atoms with E-state index in [0.29, 0.717) is 24.0 Å². The van der Waals surface area contributed by atoms with Gasteiger partial charge in [-0.1, -0.05) is 0 Å². The van der Waals surface area contributed by atoms with Gasteiger partial charge in [0.15, 0.2) is 11.4 Å². The summed E-state index contributed by atoms with van der Waals surface area (Å²) in [6.07, 6.45) is -3.88. The molecule has 24 heavy (non-hydrogen) atoms. The first-order valence-corrected chi connectivity index (χ1v) is 7.96. The predicted molar refractivity (Wildman–Crippen MR) is 79.9 cm³/mol. The van der Waals surface area contributed by atoms with Gasteiger partial charge >= 0.3 is 6.18 Å². The Labute approximate surface area is 141 Å². The molecule has 2 aliphatic heterocycles. The number of primary amides is 1. The maximum absolute atomic E-state index is 13.9. The summed E-state index contributed by atoms with van der Waals surface area (Å²) < 4.78 is 55.7. The van der Waals surface area contributed by atoms with Gasteiger partial charge < -0.3 is 10.3 Å². The smallest absolute Gasteiger partial charge is 0.364 e. The number of aromatic nitrogens is 2. The van der Waals surface area contributed by atoms with E-state index in [1.165, 1.54) is 12.1 Å². The third-order valence-corrected chi connectivity index (χ3v) is 5.27. The van der Waals surface area contributed by atoms with Crippen LogP contribution in [0.3, 0.4) is 0 Å². The topological polar surface area (TPSA) is 60.9 Å². The van der Waals surface area contributed by atoms with Crippen LogP contribution in [-0.4, -0.2) is 15.5 Å². The summed E-state index contributed by atoms with van der Waals surface area (Å²) in [5, 5.41) is 0. The molecule has 3 aliphatic rings. The predicted octanol–water partition coefficient (Wildman–Crippen LogP) is 4.00. The summed E-state index contributed by atoms with van der Waals surface area (Å²) >= 11 is 3.05. The molecule has 1 aliphatic carbocycles. The molecule has 1 fully saturated rings. The summed E-state index contributed by atoms with van der Waals surface area (Å²) in [5.41, 5.74) is 4.20. The molecule has 2 bridgehead atoms. The molecule has 1 saturated carbocycles. The lowest BCUT2D eigenvalue weighted by molar-refractivity contribution is -0.145. The van der Waals surface area contributed by atoms with Gasteiger partial charge in [-0.25, -0.2) is 9.37 Å². The second-order valence-electron chi connectivity index (χ2n) is 6.04. The van der Waals surface area contributed by atoms with E-state index in [0.717, 1.165) is 4.57 Å². The van der Waals surface area contributed by atoms with Crippen LogP contribution in [0.15, 0.2) is 16.6 Å². The fourth-order valence-electron chi connectivity index (χ4n) is 3.57. The summed E-state index contributed by atoms with van der Waals surface area (Å²) in [5.74, 6) is -1.73. The van der Waals surface area contributed by atoms with Crippen LogP contribution in [0.4, 0.5) is 17.6 Å². The zero-order chi connectivity index (χ0) is 17.4. The summed E-state index contributed by atoms with van der Waals surface area (Å²) in [6, 6.07) is 2.30. The van der Waals surface area contributed by atoms with Crippen molar-refractivity contribution in [3.63, 3.8) is 0 Å². The lowest BCUT2D eigenvalue weighted by atomic mass is 9.75. The number of nitrogens with two attached hydrogens (primary N) is 1. The van der Waals surface area contributed by atoms with Crippen LogP contribution in [0, 0.1) is 5.82 Å². The molecule has 5 rings (SSSR count). The molecule has 0 spiro atoms. The Bertz CT molecular complexity index is 884. The summed E-state index contributed by atoms with van der Waals surface area (Å²) in [6.45, 7) is 0. The molecule has 126 valence electrons. The molecule has 2 N–H and O–H groups in total. The number of hydrogen-bond donors (Lipinski definition) is 1. The number of carbonyl (C=O) groups is 1. The average molecular weight is 404 g/mol. The largest absolute Gasteiger partial charge is 0.433 e. The van der Waals surface area contributed by atoms with Crippen molar-refractivity contribution in [2.45, 2.75) is 31.0 Å². The van der Waals surface area contributed by atoms with Crippen molar-refractivity contribution in [3.8, 4) is 11.4 Å². The van der Waals surface area contributed by atoms with Gasteiger partial charge in [0.2, 0.25) is 0 Å². The number of amides is 1. The van der Waals surface area contributed by atoms with E-state index in [2.05, 4.69) is 20.9 Å². The van der Waals surface area contributed by atoms with Gasteiger partial charge in [0.05, 0.1) is 4.47 Å². The molecule has 3 heterocycles. The molecule has 2 aromatic rings. The number of alkyl halides is 3. The standard InChI is InChI=1S/C15H10BrF4N3O/c16-9-3-8-7(4-10(9)17)5-1-6(2-5)23-12(15(18,19)20)11(13(21)24)22-14(8)23/h3-6H,1-2H2,(H2,21,24). The zero-order valence-electron chi connectivity index (χ0n) is 12.0. The minimum absolute atomic E-state index is 0.0109. The van der Waals surface area contributed by atoms with Gasteiger partial charge in [0.1, 0.15) is 11.6 Å². The highest BCUT2D eigenvalue weighted by Crippen LogP contribution is 2.54. The highest BCUT2D eigenvalue weighted by atomic mass is 79.9. The summed E-state index contributed by atoms with van der Waals surface area (Å²) in [4.78, 5) is 15.4. The van der Waals surface area contributed by atoms with E-state index in [9.17, 15) is 22.4 Å². The highest BCUT2D eigenvalue weighted by Gasteiger charge is 2.48. The van der Waals surface area contributed by atoms with Crippen LogP contribution in [0.5, 0.6) is 0 Å². The number of rotatable bonds is 1. The molecule has 0 saturated heterocycles. The minimum atomic E-state index is -4.76. The van der Waals surface area contributed by atoms with Gasteiger partial charge in [-0.15, -0.1) is 0 Å². The van der Waals surface area contributed by atoms with E-state index < -0.39 is 35.3 Å². The first kappa shape index (κ1) is 15.6. The van der Waals surface area contributed by atoms with Crippen LogP contribution >= 0.6 is 15.9 Å². The number of hydrogen-bond acceptors (Lipinski definition) is 2. The molecular formula is C15H10BrF4N3O. The maximum Gasteiger partial charge on any atom is 0.433 e. The van der Waals surface area contributed by atoms with Crippen LogP contribution < -0.4 is 5.73 Å². The Balaban J connectivity index is 2.08. The second-order valence-corrected chi connectivity index (χ2v) is 6.89. The van der Waals surface area contributed by atoms with E-state index >= 15 is 0 Å². The molecular weight excluding hydrogens is 394 g/mol. The van der Waals surface area contributed by atoms with Crippen LogP contribution in [0.2, 0.25) is 0 Å². The SMILES string of the molecule is NC(=O)c1nc2n(c1C(F)(F)F)C1CC(C1)c1cc(F)c(Br)cc1-2. The van der Waals surface area contributed by atoms with Crippen molar-refractivity contribution in [1.29, 1.82) is 0 Å². The molecule has 9 heteroatoms. The van der Waals surface area contributed by atoms with Crippen molar-refractivity contribution in [3.05, 3.63) is 39.4 Å². The normalized spacial score (nSPS) is 21.5. The number of carbonyl (C=O) groups excluding carboxylic acids is 1. The Morgan fingerprint density at radius 2 is 2.00 bits per heavy atom. The second kappa shape index (κ2) is 4.81. The van der Waals surface area contributed by atoms with Crippen molar-refractivity contribution in [2.24, 2.45) is 5.73 Å². The van der Waals surface area contributed by atoms with Gasteiger partial charge in [-0.05, 0) is 52.4 Å². The Hall–Kier alpha value is -1.90. The zero-order valence-corrected chi connectivity index (χ0v) is 13.6. The van der Waals surface area contributed by atoms with Gasteiger partial charge in [-0.2, -0.15) is 13.2 Å². The molecule has 0 atom stereocenters. The Morgan fingerprint density at radius 3 is 2.58 bits per heavy atom. The molecule has 0 radical (unpaired) electrons. The number of imidazole rings is 1. The maximum atomic E-state index is 13.9. The number of halogens is 5. The number of benzene rings is 1. The number of nitrogens with zero attached hydrogens (tertiary/aromatic N) is 2. The van der Waals surface area contributed by atoms with Crippen LogP contribution in [0.1, 0.15) is 46.5 Å². The minimum Gasteiger partial charge on any atom is -0.364 e. The Kier molecular flexibility index (Phi) is 3.13. The van der Waals surface area contributed by atoms with Crippen molar-refractivity contribution >= 4 is 21.8 Å². The third kappa shape index (κ3) is 2.03. The molecule has 1 aromatic carbocycles. The lowest BCUT2D eigenvalue weighted by Crippen LogP contribution is -2.28. The fraction of sp³-hybridized carbons (Fsp3) is 0.333. The first-order chi connectivity index (χ1) is 11.2. The van der Waals surface area contributed by atoms with E-state index in [1.807, 2.05) is 0 Å². The third-order valence-electron chi connectivity index (χ3n) is 4.66. The first-order valence-electron chi connectivity index (χ1n) is 7.17. The van der Waals surface area contributed by atoms with Crippen LogP contribution in [0.25, 0.3) is 11.4 Å². The quantitative estimate of drug-likeness (QED) is 0.731. The van der Waals surface area contributed by atoms with E-state index in [-0.39, 0.29) is 16.2 Å². The molecule has 0 unspecified atom stereocenters. The molecule has 4 nitrogen and oxygen atoms in total. The highest BCUT2D eigenvalue weighted by molar-refractivity contribution is 9.10. The van der Waals surface area contributed by atoms with E-state index in [1.54, 1.807) is 0 Å². The monoisotopic (exact) mass is 403 g/mol. The van der Waals surface area contributed by atoms with Crippen molar-refractivity contribution in [2.75, 3.05) is 0 Å². The van der Waals surface area contributed by atoms with Crippen molar-refractivity contribution in [1.82, 2.24) is 9.55 Å². The fourth-order valence-corrected chi connectivity index (χ4v) is 3.91. The molecule has 1 aromatic heterocycles. The Morgan fingerprint density at radius 1 is 1.33 bits per heavy atom. The van der Waals surface area contributed by atoms with Crippen LogP contribution in [-0.2, 0) is 6.18 Å². The molecule has 1 amide bonds.